The highest BCUT2D eigenvalue weighted by molar-refractivity contribution is 14.0. The summed E-state index contributed by atoms with van der Waals surface area (Å²) in [6, 6.07) is 8.33. The van der Waals surface area contributed by atoms with E-state index in [9.17, 15) is 5.11 Å². The van der Waals surface area contributed by atoms with E-state index in [-0.39, 0.29) is 30.1 Å². The van der Waals surface area contributed by atoms with E-state index in [2.05, 4.69) is 34.6 Å². The standard InChI is InChI=1S/C22H38N4O2.HI/c1-3-23-22(25-15-6-16-26-17-12-20(27)13-18-26)24-14-5-4-7-19-8-10-21(28-2)11-9-19;/h8-11,20,27H,3-7,12-18H2,1-2H3,(H2,23,24,25);1H. The van der Waals surface area contributed by atoms with Crippen LogP contribution >= 0.6 is 24.0 Å². The number of nitrogens with one attached hydrogen (secondary N) is 2. The lowest BCUT2D eigenvalue weighted by molar-refractivity contribution is 0.0824. The van der Waals surface area contributed by atoms with Crippen LogP contribution in [0.3, 0.4) is 0 Å². The highest BCUT2D eigenvalue weighted by Crippen LogP contribution is 2.13. The topological polar surface area (TPSA) is 69.1 Å². The summed E-state index contributed by atoms with van der Waals surface area (Å²) in [5.41, 5.74) is 1.35. The molecule has 2 rings (SSSR count). The molecular weight excluding hydrogens is 479 g/mol. The summed E-state index contributed by atoms with van der Waals surface area (Å²) in [6.45, 7) is 7.83. The smallest absolute Gasteiger partial charge is 0.191 e. The maximum atomic E-state index is 9.57. The predicted octanol–water partition coefficient (Wildman–Crippen LogP) is 3.04. The normalized spacial score (nSPS) is 15.6. The van der Waals surface area contributed by atoms with E-state index in [1.165, 1.54) is 5.56 Å². The van der Waals surface area contributed by atoms with Crippen molar-refractivity contribution in [2.24, 2.45) is 4.99 Å². The minimum absolute atomic E-state index is 0. The molecule has 1 saturated heterocycles. The van der Waals surface area contributed by atoms with Gasteiger partial charge in [0.1, 0.15) is 5.75 Å². The second-order valence-corrected chi connectivity index (χ2v) is 7.42. The van der Waals surface area contributed by atoms with Gasteiger partial charge in [-0.05, 0) is 69.7 Å². The van der Waals surface area contributed by atoms with Crippen molar-refractivity contribution < 1.29 is 9.84 Å². The monoisotopic (exact) mass is 518 g/mol. The number of rotatable bonds is 11. The number of aliphatic hydroxyl groups is 1. The first-order chi connectivity index (χ1) is 13.7. The SMILES string of the molecule is CCNC(=NCCCN1CCC(O)CC1)NCCCCc1ccc(OC)cc1.I. The molecule has 0 spiro atoms. The fraction of sp³-hybridized carbons (Fsp3) is 0.682. The minimum atomic E-state index is -0.0939. The molecule has 1 aliphatic heterocycles. The van der Waals surface area contributed by atoms with E-state index in [1.54, 1.807) is 7.11 Å². The number of guanidine groups is 1. The molecule has 1 aliphatic rings. The van der Waals surface area contributed by atoms with Crippen molar-refractivity contribution >= 4 is 29.9 Å². The Labute approximate surface area is 193 Å². The van der Waals surface area contributed by atoms with Crippen molar-refractivity contribution in [1.82, 2.24) is 15.5 Å². The molecule has 1 heterocycles. The number of benzene rings is 1. The van der Waals surface area contributed by atoms with Gasteiger partial charge in [-0.15, -0.1) is 24.0 Å². The molecule has 3 N–H and O–H groups in total. The summed E-state index contributed by atoms with van der Waals surface area (Å²) in [7, 11) is 1.70. The largest absolute Gasteiger partial charge is 0.497 e. The van der Waals surface area contributed by atoms with Crippen molar-refractivity contribution in [2.45, 2.75) is 51.6 Å². The van der Waals surface area contributed by atoms with Gasteiger partial charge >= 0.3 is 0 Å². The van der Waals surface area contributed by atoms with Crippen LogP contribution < -0.4 is 15.4 Å². The predicted molar refractivity (Wildman–Crippen MR) is 132 cm³/mol. The summed E-state index contributed by atoms with van der Waals surface area (Å²) >= 11 is 0. The quantitative estimate of drug-likeness (QED) is 0.182. The number of likely N-dealkylation sites (tertiary alicyclic amines) is 1. The van der Waals surface area contributed by atoms with Crippen LogP contribution in [0.5, 0.6) is 5.75 Å². The number of nitrogens with zero attached hydrogens (tertiary/aromatic N) is 2. The molecule has 166 valence electrons. The molecular formula is C22H39IN4O2. The van der Waals surface area contributed by atoms with E-state index in [1.807, 2.05) is 12.1 Å². The van der Waals surface area contributed by atoms with Crippen molar-refractivity contribution in [3.8, 4) is 5.75 Å². The lowest BCUT2D eigenvalue weighted by atomic mass is 10.1. The summed E-state index contributed by atoms with van der Waals surface area (Å²) in [4.78, 5) is 7.12. The first-order valence-electron chi connectivity index (χ1n) is 10.8. The van der Waals surface area contributed by atoms with Crippen LogP contribution in [0.4, 0.5) is 0 Å². The molecule has 7 heteroatoms. The fourth-order valence-electron chi connectivity index (χ4n) is 3.42. The zero-order chi connectivity index (χ0) is 20.0. The van der Waals surface area contributed by atoms with Gasteiger partial charge in [-0.25, -0.2) is 0 Å². The van der Waals surface area contributed by atoms with Crippen molar-refractivity contribution in [3.05, 3.63) is 29.8 Å². The lowest BCUT2D eigenvalue weighted by Gasteiger charge is -2.29. The summed E-state index contributed by atoms with van der Waals surface area (Å²) in [6.07, 6.45) is 6.14. The van der Waals surface area contributed by atoms with Gasteiger partial charge in [-0.2, -0.15) is 0 Å². The molecule has 6 nitrogen and oxygen atoms in total. The Balaban J connectivity index is 0.00000420. The Morgan fingerprint density at radius 1 is 1.14 bits per heavy atom. The minimum Gasteiger partial charge on any atom is -0.497 e. The average Bonchev–Trinajstić information content (AvgIpc) is 2.72. The number of hydrogen-bond acceptors (Lipinski definition) is 4. The zero-order valence-corrected chi connectivity index (χ0v) is 20.4. The Morgan fingerprint density at radius 2 is 1.86 bits per heavy atom. The van der Waals surface area contributed by atoms with Crippen LogP contribution in [0.25, 0.3) is 0 Å². The Hall–Kier alpha value is -1.06. The van der Waals surface area contributed by atoms with Gasteiger partial charge < -0.3 is 25.4 Å². The lowest BCUT2D eigenvalue weighted by Crippen LogP contribution is -2.38. The van der Waals surface area contributed by atoms with Crippen LogP contribution in [-0.4, -0.2) is 68.4 Å². The number of unbranched alkanes of at least 4 members (excludes halogenated alkanes) is 1. The molecule has 29 heavy (non-hydrogen) atoms. The fourth-order valence-corrected chi connectivity index (χ4v) is 3.42. The number of hydrogen-bond donors (Lipinski definition) is 3. The molecule has 0 radical (unpaired) electrons. The average molecular weight is 518 g/mol. The number of aryl methyl sites for hydroxylation is 1. The zero-order valence-electron chi connectivity index (χ0n) is 18.0. The second-order valence-electron chi connectivity index (χ2n) is 7.42. The number of ether oxygens (including phenoxy) is 1. The maximum Gasteiger partial charge on any atom is 0.191 e. The highest BCUT2D eigenvalue weighted by atomic mass is 127. The van der Waals surface area contributed by atoms with Gasteiger partial charge in [0.25, 0.3) is 0 Å². The number of piperidine rings is 1. The molecule has 0 bridgehead atoms. The van der Waals surface area contributed by atoms with Crippen LogP contribution in [0, 0.1) is 0 Å². The van der Waals surface area contributed by atoms with Gasteiger partial charge in [0.2, 0.25) is 0 Å². The third-order valence-corrected chi connectivity index (χ3v) is 5.15. The molecule has 1 fully saturated rings. The molecule has 0 amide bonds. The van der Waals surface area contributed by atoms with E-state index < -0.39 is 0 Å². The maximum absolute atomic E-state index is 9.57. The van der Waals surface area contributed by atoms with Gasteiger partial charge in [-0.3, -0.25) is 4.99 Å². The third kappa shape index (κ3) is 11.1. The van der Waals surface area contributed by atoms with E-state index in [0.29, 0.717) is 0 Å². The number of aliphatic imine (C=N–C) groups is 1. The van der Waals surface area contributed by atoms with Crippen LogP contribution in [0.15, 0.2) is 29.3 Å². The van der Waals surface area contributed by atoms with Gasteiger partial charge in [-0.1, -0.05) is 12.1 Å². The van der Waals surface area contributed by atoms with Crippen LogP contribution in [0.1, 0.15) is 44.6 Å². The van der Waals surface area contributed by atoms with E-state index in [4.69, 9.17) is 9.73 Å². The third-order valence-electron chi connectivity index (χ3n) is 5.15. The van der Waals surface area contributed by atoms with Crippen LogP contribution in [0.2, 0.25) is 0 Å². The van der Waals surface area contributed by atoms with Gasteiger partial charge in [0.15, 0.2) is 5.96 Å². The summed E-state index contributed by atoms with van der Waals surface area (Å²) < 4.78 is 5.20. The molecule has 0 unspecified atom stereocenters. The first kappa shape index (κ1) is 26.0. The Bertz CT molecular complexity index is 560. The molecule has 1 aromatic rings. The van der Waals surface area contributed by atoms with Gasteiger partial charge in [0.05, 0.1) is 13.2 Å². The van der Waals surface area contributed by atoms with Crippen molar-refractivity contribution in [3.63, 3.8) is 0 Å². The first-order valence-corrected chi connectivity index (χ1v) is 10.8. The molecule has 0 aromatic heterocycles. The second kappa shape index (κ2) is 15.7. The summed E-state index contributed by atoms with van der Waals surface area (Å²) in [5, 5.41) is 16.3. The Kier molecular flexibility index (Phi) is 14.1. The van der Waals surface area contributed by atoms with Gasteiger partial charge in [0, 0.05) is 32.7 Å². The van der Waals surface area contributed by atoms with Crippen LogP contribution in [-0.2, 0) is 6.42 Å². The molecule has 1 aromatic carbocycles. The molecule has 0 atom stereocenters. The van der Waals surface area contributed by atoms with E-state index >= 15 is 0 Å². The number of methoxy groups -OCH3 is 1. The highest BCUT2D eigenvalue weighted by Gasteiger charge is 2.15. The molecule has 0 aliphatic carbocycles. The van der Waals surface area contributed by atoms with Crippen molar-refractivity contribution in [2.75, 3.05) is 46.4 Å². The van der Waals surface area contributed by atoms with E-state index in [0.717, 1.165) is 89.5 Å². The molecule has 0 saturated carbocycles. The van der Waals surface area contributed by atoms with Crippen molar-refractivity contribution in [1.29, 1.82) is 0 Å². The number of aliphatic hydroxyl groups excluding tert-OH is 1. The summed E-state index contributed by atoms with van der Waals surface area (Å²) in [5.74, 6) is 1.83. The Morgan fingerprint density at radius 3 is 2.52 bits per heavy atom. The number of halogens is 1.